The van der Waals surface area contributed by atoms with Crippen molar-refractivity contribution in [2.24, 2.45) is 17.8 Å². The first kappa shape index (κ1) is 59.9. The van der Waals surface area contributed by atoms with Crippen LogP contribution in [-0.4, -0.2) is 154 Å². The van der Waals surface area contributed by atoms with Crippen molar-refractivity contribution >= 4 is 75.9 Å². The molecule has 9 amide bonds. The van der Waals surface area contributed by atoms with Gasteiger partial charge in [0.1, 0.15) is 48.3 Å². The fraction of sp³-hybridized carbons (Fsp3) is 0.553. The third kappa shape index (κ3) is 19.6. The number of fused-ring (bicyclic) bond motifs is 1. The number of carboxylic acid groups (broad SMARTS) is 2. The number of nitrogens with one attached hydrogen (secondary N) is 9. The van der Waals surface area contributed by atoms with Gasteiger partial charge < -0.3 is 68.3 Å². The van der Waals surface area contributed by atoms with E-state index in [0.29, 0.717) is 5.56 Å². The Bertz CT molecular complexity index is 2240. The topological polar surface area (TPSA) is 377 Å². The van der Waals surface area contributed by atoms with Crippen molar-refractivity contribution in [3.8, 4) is 0 Å². The molecule has 13 N–H and O–H groups in total. The zero-order valence-electron chi connectivity index (χ0n) is 41.1. The predicted molar refractivity (Wildman–Crippen MR) is 255 cm³/mol. The lowest BCUT2D eigenvalue weighted by molar-refractivity contribution is -0.139. The standard InChI is InChI=1S/C47H69N9O15/c1-23(2)37(45(69)48-8)54-40(64)30(15-17-35(60)61)50-42(66)32(20-27-13-14-28-11-9-10-12-29(28)19-27)52-43(67)34(22-58)53-47(71)39(25(5)6)55-41(65)31(16-18-36(62)63)51-46(70)38(24(3)4)56-44(68)33(21-57)49-26(7)59/h9-14,19,23-25,30-34,37-39,57-58H,15-18,20-22H2,1-8H3,(H,48,69)(H,49,59)(H,50,66)(H,51,70)(H,52,67)(H,53,71)(H,54,64)(H,55,65)(H,56,68)(H,60,61)(H,62,63)/t30-,31-,32-,33-,34-,37-,38-,39-/m0/s1. The van der Waals surface area contributed by atoms with Crippen LogP contribution >= 0.6 is 0 Å². The van der Waals surface area contributed by atoms with Gasteiger partial charge in [0.2, 0.25) is 53.2 Å². The lowest BCUT2D eigenvalue weighted by Crippen LogP contribution is -2.62. The van der Waals surface area contributed by atoms with Gasteiger partial charge in [-0.3, -0.25) is 52.7 Å². The molecular formula is C47H69N9O15. The van der Waals surface area contributed by atoms with E-state index in [1.165, 1.54) is 20.9 Å². The summed E-state index contributed by atoms with van der Waals surface area (Å²) < 4.78 is 0. The van der Waals surface area contributed by atoms with Gasteiger partial charge in [-0.05, 0) is 46.9 Å². The van der Waals surface area contributed by atoms with Crippen LogP contribution in [0.15, 0.2) is 42.5 Å². The highest BCUT2D eigenvalue weighted by molar-refractivity contribution is 5.98. The Hall–Kier alpha value is -7.21. The fourth-order valence-electron chi connectivity index (χ4n) is 7.11. The summed E-state index contributed by atoms with van der Waals surface area (Å²) in [7, 11) is 1.36. The Morgan fingerprint density at radius 3 is 1.24 bits per heavy atom. The zero-order valence-corrected chi connectivity index (χ0v) is 41.1. The van der Waals surface area contributed by atoms with E-state index in [4.69, 9.17) is 0 Å². The van der Waals surface area contributed by atoms with E-state index in [-0.39, 0.29) is 6.42 Å². The number of carbonyl (C=O) groups excluding carboxylic acids is 9. The summed E-state index contributed by atoms with van der Waals surface area (Å²) in [5.41, 5.74) is 0.522. The van der Waals surface area contributed by atoms with E-state index in [1.807, 2.05) is 18.2 Å². The minimum Gasteiger partial charge on any atom is -0.481 e. The van der Waals surface area contributed by atoms with Crippen LogP contribution in [0.25, 0.3) is 10.8 Å². The Labute approximate surface area is 411 Å². The summed E-state index contributed by atoms with van der Waals surface area (Å²) in [4.78, 5) is 143. The minimum absolute atomic E-state index is 0.221. The quantitative estimate of drug-likeness (QED) is 0.0408. The first-order valence-electron chi connectivity index (χ1n) is 23.1. The second kappa shape index (κ2) is 29.1. The summed E-state index contributed by atoms with van der Waals surface area (Å²) in [6.45, 7) is 8.70. The van der Waals surface area contributed by atoms with Crippen molar-refractivity contribution in [2.45, 2.75) is 129 Å². The summed E-state index contributed by atoms with van der Waals surface area (Å²) in [5, 5.41) is 62.4. The molecule has 2 rings (SSSR count). The fourth-order valence-corrected chi connectivity index (χ4v) is 7.11. The molecule has 2 aromatic carbocycles. The van der Waals surface area contributed by atoms with Crippen LogP contribution < -0.4 is 47.9 Å². The van der Waals surface area contributed by atoms with E-state index in [0.717, 1.165) is 17.7 Å². The maximum atomic E-state index is 14.2. The minimum atomic E-state index is -1.78. The first-order chi connectivity index (χ1) is 33.3. The Kier molecular flexibility index (Phi) is 24.5. The molecule has 24 nitrogen and oxygen atoms in total. The van der Waals surface area contributed by atoms with E-state index >= 15 is 0 Å². The van der Waals surface area contributed by atoms with Crippen LogP contribution in [0.3, 0.4) is 0 Å². The first-order valence-corrected chi connectivity index (χ1v) is 23.1. The summed E-state index contributed by atoms with van der Waals surface area (Å²) in [6.07, 6.45) is -2.33. The van der Waals surface area contributed by atoms with Crippen LogP contribution in [0.2, 0.25) is 0 Å². The van der Waals surface area contributed by atoms with Crippen LogP contribution in [0.1, 0.15) is 79.7 Å². The molecule has 0 aliphatic carbocycles. The number of aliphatic hydroxyl groups excluding tert-OH is 2. The van der Waals surface area contributed by atoms with Crippen LogP contribution in [-0.2, 0) is 59.2 Å². The molecule has 0 aromatic heterocycles. The van der Waals surface area contributed by atoms with Gasteiger partial charge in [0.15, 0.2) is 0 Å². The second-order valence-corrected chi connectivity index (χ2v) is 17.9. The lowest BCUT2D eigenvalue weighted by atomic mass is 9.99. The van der Waals surface area contributed by atoms with Crippen molar-refractivity contribution in [3.05, 3.63) is 48.0 Å². The largest absolute Gasteiger partial charge is 0.481 e. The van der Waals surface area contributed by atoms with Crippen molar-refractivity contribution in [1.29, 1.82) is 0 Å². The highest BCUT2D eigenvalue weighted by Crippen LogP contribution is 2.18. The average molecular weight is 1000 g/mol. The van der Waals surface area contributed by atoms with Gasteiger partial charge in [-0.2, -0.15) is 0 Å². The van der Waals surface area contributed by atoms with Crippen LogP contribution in [0, 0.1) is 17.8 Å². The number of aliphatic carboxylic acids is 2. The molecule has 0 aliphatic rings. The van der Waals surface area contributed by atoms with Gasteiger partial charge in [0.25, 0.3) is 0 Å². The SMILES string of the molecule is CNC(=O)[C@@H](NC(=O)[C@H](CCC(=O)O)NC(=O)[C@H](Cc1ccc2ccccc2c1)NC(=O)[C@H](CO)NC(=O)[C@@H](NC(=O)[C@H](CCC(=O)O)NC(=O)[C@@H](NC(=O)[C@H](CO)NC(C)=O)C(C)C)C(C)C)C(C)C. The third-order valence-corrected chi connectivity index (χ3v) is 11.1. The maximum Gasteiger partial charge on any atom is 0.303 e. The molecule has 0 radical (unpaired) electrons. The Balaban J connectivity index is 2.44. The van der Waals surface area contributed by atoms with Gasteiger partial charge in [0.05, 0.1) is 13.2 Å². The summed E-state index contributed by atoms with van der Waals surface area (Å²) >= 11 is 0. The van der Waals surface area contributed by atoms with Crippen molar-refractivity contribution in [3.63, 3.8) is 0 Å². The second-order valence-electron chi connectivity index (χ2n) is 17.9. The van der Waals surface area contributed by atoms with Gasteiger partial charge in [-0.1, -0.05) is 84.0 Å². The van der Waals surface area contributed by atoms with E-state index in [1.54, 1.807) is 52.0 Å². The summed E-state index contributed by atoms with van der Waals surface area (Å²) in [6, 6.07) is 0.715. The lowest BCUT2D eigenvalue weighted by Gasteiger charge is -2.29. The maximum absolute atomic E-state index is 14.2. The molecule has 0 unspecified atom stereocenters. The molecule has 0 saturated carbocycles. The van der Waals surface area contributed by atoms with E-state index < -0.39 is 170 Å². The molecule has 71 heavy (non-hydrogen) atoms. The number of rotatable bonds is 29. The number of amides is 9. The molecule has 392 valence electrons. The van der Waals surface area contributed by atoms with Gasteiger partial charge >= 0.3 is 11.9 Å². The van der Waals surface area contributed by atoms with E-state index in [2.05, 4.69) is 47.9 Å². The van der Waals surface area contributed by atoms with Gasteiger partial charge in [0, 0.05) is 33.2 Å². The molecule has 0 aliphatic heterocycles. The number of hydrogen-bond acceptors (Lipinski definition) is 13. The molecular weight excluding hydrogens is 931 g/mol. The van der Waals surface area contributed by atoms with Gasteiger partial charge in [-0.25, -0.2) is 0 Å². The molecule has 0 heterocycles. The number of likely N-dealkylation sites (N-methyl/N-ethyl adjacent to an activating group) is 1. The molecule has 0 spiro atoms. The van der Waals surface area contributed by atoms with E-state index in [9.17, 15) is 73.2 Å². The Morgan fingerprint density at radius 2 is 0.817 bits per heavy atom. The number of aliphatic hydroxyl groups is 2. The number of hydrogen-bond donors (Lipinski definition) is 13. The monoisotopic (exact) mass is 999 g/mol. The average Bonchev–Trinajstić information content (AvgIpc) is 3.30. The third-order valence-electron chi connectivity index (χ3n) is 11.1. The molecule has 0 bridgehead atoms. The zero-order chi connectivity index (χ0) is 53.7. The number of benzene rings is 2. The number of carboxylic acids is 2. The van der Waals surface area contributed by atoms with Gasteiger partial charge in [-0.15, -0.1) is 0 Å². The molecule has 8 atom stereocenters. The highest BCUT2D eigenvalue weighted by atomic mass is 16.4. The molecule has 24 heteroatoms. The van der Waals surface area contributed by atoms with Crippen LogP contribution in [0.4, 0.5) is 0 Å². The smallest absolute Gasteiger partial charge is 0.303 e. The number of carbonyl (C=O) groups is 11. The molecule has 2 aromatic rings. The highest BCUT2D eigenvalue weighted by Gasteiger charge is 2.36. The van der Waals surface area contributed by atoms with Crippen LogP contribution in [0.5, 0.6) is 0 Å². The Morgan fingerprint density at radius 1 is 0.451 bits per heavy atom. The normalized spacial score (nSPS) is 14.5. The molecule has 0 fully saturated rings. The predicted octanol–water partition coefficient (Wildman–Crippen LogP) is -2.29. The molecule has 0 saturated heterocycles. The van der Waals surface area contributed by atoms with Crippen molar-refractivity contribution in [1.82, 2.24) is 47.9 Å². The van der Waals surface area contributed by atoms with Crippen molar-refractivity contribution < 1.29 is 73.2 Å². The van der Waals surface area contributed by atoms with Crippen molar-refractivity contribution in [2.75, 3.05) is 20.3 Å². The summed E-state index contributed by atoms with van der Waals surface area (Å²) in [5.74, 6) is -12.5.